The van der Waals surface area contributed by atoms with Crippen LogP contribution < -0.4 is 15.4 Å². The highest BCUT2D eigenvalue weighted by atomic mass is 32.2. The van der Waals surface area contributed by atoms with Crippen molar-refractivity contribution in [1.82, 2.24) is 10.6 Å². The first kappa shape index (κ1) is 23.2. The van der Waals surface area contributed by atoms with Gasteiger partial charge in [0.25, 0.3) is 0 Å². The summed E-state index contributed by atoms with van der Waals surface area (Å²) < 4.78 is 46.7. The molecule has 1 unspecified atom stereocenters. The van der Waals surface area contributed by atoms with Gasteiger partial charge in [0.2, 0.25) is 0 Å². The summed E-state index contributed by atoms with van der Waals surface area (Å²) in [4.78, 5) is 4.46. The molecule has 0 saturated carbocycles. The van der Waals surface area contributed by atoms with E-state index in [-0.39, 0.29) is 24.2 Å². The lowest BCUT2D eigenvalue weighted by Gasteiger charge is -2.17. The molecular formula is C18H30FN3O4S. The Bertz CT molecular complexity index is 683. The van der Waals surface area contributed by atoms with E-state index in [0.29, 0.717) is 38.6 Å². The second kappa shape index (κ2) is 12.5. The molecule has 2 N–H and O–H groups in total. The first-order valence-corrected chi connectivity index (χ1v) is 11.1. The molecule has 1 aromatic carbocycles. The van der Waals surface area contributed by atoms with Crippen molar-refractivity contribution in [3.05, 3.63) is 30.1 Å². The van der Waals surface area contributed by atoms with Gasteiger partial charge in [0.1, 0.15) is 15.9 Å². The third-order valence-electron chi connectivity index (χ3n) is 3.52. The molecule has 0 aliphatic rings. The molecular weight excluding hydrogens is 373 g/mol. The molecule has 1 rings (SSSR count). The number of guanidine groups is 1. The number of nitrogens with one attached hydrogen (secondary N) is 2. The van der Waals surface area contributed by atoms with Crippen LogP contribution in [0, 0.1) is 5.82 Å². The highest BCUT2D eigenvalue weighted by Crippen LogP contribution is 2.18. The first-order chi connectivity index (χ1) is 12.9. The number of hydrogen-bond acceptors (Lipinski definition) is 5. The van der Waals surface area contributed by atoms with Gasteiger partial charge in [0, 0.05) is 19.3 Å². The fourth-order valence-corrected chi connectivity index (χ4v) is 2.48. The summed E-state index contributed by atoms with van der Waals surface area (Å²) in [5.74, 6) is 0.431. The summed E-state index contributed by atoms with van der Waals surface area (Å²) in [5, 5.41) is 6.22. The summed E-state index contributed by atoms with van der Waals surface area (Å²) in [6.07, 6.45) is 1.62. The molecule has 154 valence electrons. The number of aliphatic imine (C=N–C) groups is 1. The van der Waals surface area contributed by atoms with E-state index < -0.39 is 15.7 Å². The molecule has 9 heteroatoms. The average Bonchev–Trinajstić information content (AvgIpc) is 2.61. The predicted molar refractivity (Wildman–Crippen MR) is 106 cm³/mol. The van der Waals surface area contributed by atoms with Crippen LogP contribution >= 0.6 is 0 Å². The normalized spacial score (nSPS) is 13.3. The molecule has 0 aliphatic heterocycles. The van der Waals surface area contributed by atoms with Crippen LogP contribution in [0.5, 0.6) is 5.75 Å². The molecule has 1 aromatic rings. The van der Waals surface area contributed by atoms with Crippen LogP contribution in [-0.2, 0) is 14.6 Å². The lowest BCUT2D eigenvalue weighted by molar-refractivity contribution is 0.154. The molecule has 0 radical (unpaired) electrons. The Labute approximate surface area is 161 Å². The van der Waals surface area contributed by atoms with Gasteiger partial charge in [0.15, 0.2) is 17.5 Å². The Balaban J connectivity index is 2.45. The second-order valence-corrected chi connectivity index (χ2v) is 8.23. The summed E-state index contributed by atoms with van der Waals surface area (Å²) in [6, 6.07) is 6.30. The van der Waals surface area contributed by atoms with Crippen molar-refractivity contribution in [2.45, 2.75) is 26.4 Å². The van der Waals surface area contributed by atoms with Crippen LogP contribution in [0.2, 0.25) is 0 Å². The van der Waals surface area contributed by atoms with Crippen LogP contribution in [0.15, 0.2) is 29.3 Å². The topological polar surface area (TPSA) is 89.0 Å². The van der Waals surface area contributed by atoms with Crippen molar-refractivity contribution in [2.75, 3.05) is 44.9 Å². The Morgan fingerprint density at radius 2 is 1.96 bits per heavy atom. The van der Waals surface area contributed by atoms with E-state index in [2.05, 4.69) is 15.6 Å². The molecule has 0 amide bonds. The third-order valence-corrected chi connectivity index (χ3v) is 4.43. The molecule has 1 atom stereocenters. The SMILES string of the molecule is CCNC(=NCC(CC)Oc1ccccc1F)NCCOCCS(C)(=O)=O. The monoisotopic (exact) mass is 403 g/mol. The van der Waals surface area contributed by atoms with E-state index in [1.807, 2.05) is 13.8 Å². The molecule has 0 aromatic heterocycles. The van der Waals surface area contributed by atoms with Gasteiger partial charge in [0.05, 0.1) is 25.5 Å². The number of para-hydroxylation sites is 1. The van der Waals surface area contributed by atoms with Crippen molar-refractivity contribution >= 4 is 15.8 Å². The van der Waals surface area contributed by atoms with Gasteiger partial charge in [-0.15, -0.1) is 0 Å². The summed E-state index contributed by atoms with van der Waals surface area (Å²) in [6.45, 7) is 5.98. The van der Waals surface area contributed by atoms with Gasteiger partial charge in [-0.3, -0.25) is 0 Å². The molecule has 0 spiro atoms. The Morgan fingerprint density at radius 1 is 1.22 bits per heavy atom. The molecule has 7 nitrogen and oxygen atoms in total. The van der Waals surface area contributed by atoms with Crippen molar-refractivity contribution in [1.29, 1.82) is 0 Å². The Morgan fingerprint density at radius 3 is 2.59 bits per heavy atom. The smallest absolute Gasteiger partial charge is 0.191 e. The van der Waals surface area contributed by atoms with E-state index in [1.54, 1.807) is 18.2 Å². The van der Waals surface area contributed by atoms with Crippen molar-refractivity contribution < 1.29 is 22.3 Å². The van der Waals surface area contributed by atoms with Gasteiger partial charge in [-0.2, -0.15) is 0 Å². The maximum Gasteiger partial charge on any atom is 0.191 e. The van der Waals surface area contributed by atoms with E-state index in [9.17, 15) is 12.8 Å². The summed E-state index contributed by atoms with van der Waals surface area (Å²) in [5.41, 5.74) is 0. The minimum Gasteiger partial charge on any atom is -0.485 e. The van der Waals surface area contributed by atoms with Gasteiger partial charge >= 0.3 is 0 Å². The van der Waals surface area contributed by atoms with Crippen molar-refractivity contribution in [3.63, 3.8) is 0 Å². The lowest BCUT2D eigenvalue weighted by atomic mass is 10.2. The number of halogens is 1. The number of sulfone groups is 1. The third kappa shape index (κ3) is 10.8. The zero-order chi connectivity index (χ0) is 20.1. The minimum atomic E-state index is -3.01. The first-order valence-electron chi connectivity index (χ1n) is 9.04. The Hall–Kier alpha value is -1.87. The molecule has 0 aliphatic carbocycles. The van der Waals surface area contributed by atoms with Gasteiger partial charge in [-0.25, -0.2) is 17.8 Å². The van der Waals surface area contributed by atoms with Gasteiger partial charge in [-0.05, 0) is 25.5 Å². The Kier molecular flexibility index (Phi) is 10.7. The van der Waals surface area contributed by atoms with E-state index in [4.69, 9.17) is 9.47 Å². The summed E-state index contributed by atoms with van der Waals surface area (Å²) >= 11 is 0. The molecule has 0 fully saturated rings. The van der Waals surface area contributed by atoms with Crippen molar-refractivity contribution in [2.24, 2.45) is 4.99 Å². The van der Waals surface area contributed by atoms with Crippen LogP contribution in [0.25, 0.3) is 0 Å². The molecule has 0 heterocycles. The second-order valence-electron chi connectivity index (χ2n) is 5.97. The summed E-state index contributed by atoms with van der Waals surface area (Å²) in [7, 11) is -3.01. The maximum atomic E-state index is 13.7. The zero-order valence-corrected chi connectivity index (χ0v) is 17.0. The quantitative estimate of drug-likeness (QED) is 0.313. The molecule has 0 bridgehead atoms. The van der Waals surface area contributed by atoms with Crippen LogP contribution in [0.1, 0.15) is 20.3 Å². The largest absolute Gasteiger partial charge is 0.485 e. The van der Waals surface area contributed by atoms with Crippen molar-refractivity contribution in [3.8, 4) is 5.75 Å². The van der Waals surface area contributed by atoms with Crippen LogP contribution in [0.3, 0.4) is 0 Å². The fraction of sp³-hybridized carbons (Fsp3) is 0.611. The highest BCUT2D eigenvalue weighted by Gasteiger charge is 2.11. The van der Waals surface area contributed by atoms with E-state index in [1.165, 1.54) is 12.3 Å². The molecule has 0 saturated heterocycles. The van der Waals surface area contributed by atoms with Crippen LogP contribution in [0.4, 0.5) is 4.39 Å². The maximum absolute atomic E-state index is 13.7. The number of nitrogens with zero attached hydrogens (tertiary/aromatic N) is 1. The lowest BCUT2D eigenvalue weighted by Crippen LogP contribution is -2.40. The molecule has 27 heavy (non-hydrogen) atoms. The van der Waals surface area contributed by atoms with E-state index >= 15 is 0 Å². The zero-order valence-electron chi connectivity index (χ0n) is 16.2. The fourth-order valence-electron chi connectivity index (χ4n) is 2.06. The average molecular weight is 404 g/mol. The number of hydrogen-bond donors (Lipinski definition) is 2. The van der Waals surface area contributed by atoms with Gasteiger partial charge in [-0.1, -0.05) is 19.1 Å². The number of benzene rings is 1. The standard InChI is InChI=1S/C18H30FN3O4S/c1-4-15(26-17-9-7-6-8-16(17)19)14-22-18(20-5-2)21-10-11-25-12-13-27(3,23)24/h6-9,15H,4-5,10-14H2,1-3H3,(H2,20,21,22). The van der Waals surface area contributed by atoms with Crippen LogP contribution in [-0.4, -0.2) is 65.3 Å². The predicted octanol–water partition coefficient (Wildman–Crippen LogP) is 1.60. The highest BCUT2D eigenvalue weighted by molar-refractivity contribution is 7.90. The minimum absolute atomic E-state index is 0.00667. The number of rotatable bonds is 12. The number of ether oxygens (including phenoxy) is 2. The van der Waals surface area contributed by atoms with E-state index in [0.717, 1.165) is 0 Å². The van der Waals surface area contributed by atoms with Gasteiger partial charge < -0.3 is 20.1 Å².